The van der Waals surface area contributed by atoms with Crippen molar-refractivity contribution in [3.8, 4) is 0 Å². The molecule has 0 aromatic carbocycles. The van der Waals surface area contributed by atoms with Crippen LogP contribution in [0.5, 0.6) is 0 Å². The van der Waals surface area contributed by atoms with E-state index in [1.54, 1.807) is 13.0 Å². The fraction of sp³-hybridized carbons (Fsp3) is 0.417. The molecule has 18 heavy (non-hydrogen) atoms. The second-order valence-electron chi connectivity index (χ2n) is 4.11. The Balaban J connectivity index is 2.61. The number of pyridine rings is 1. The Morgan fingerprint density at radius 3 is 2.44 bits per heavy atom. The van der Waals surface area contributed by atoms with Gasteiger partial charge in [0, 0.05) is 12.2 Å². The first-order valence-electron chi connectivity index (χ1n) is 5.56. The fourth-order valence-electron chi connectivity index (χ4n) is 1.21. The zero-order chi connectivity index (χ0) is 13.7. The van der Waals surface area contributed by atoms with Crippen LogP contribution in [0.25, 0.3) is 0 Å². The van der Waals surface area contributed by atoms with Gasteiger partial charge >= 0.3 is 5.97 Å². The molecule has 1 atom stereocenters. The van der Waals surface area contributed by atoms with Crippen LogP contribution in [0.1, 0.15) is 31.1 Å². The summed E-state index contributed by atoms with van der Waals surface area (Å²) in [5, 5.41) is 11.9. The number of nitrogens with one attached hydrogen (secondary N) is 1. The summed E-state index contributed by atoms with van der Waals surface area (Å²) in [6, 6.07) is 3.18. The van der Waals surface area contributed by atoms with Crippen LogP contribution in [0.3, 0.4) is 0 Å². The van der Waals surface area contributed by atoms with E-state index in [1.165, 1.54) is 24.0 Å². The molecule has 2 N–H and O–H groups in total. The minimum Gasteiger partial charge on any atom is -0.478 e. The van der Waals surface area contributed by atoms with Crippen molar-refractivity contribution in [1.29, 1.82) is 0 Å². The lowest BCUT2D eigenvalue weighted by atomic mass is 10.3. The van der Waals surface area contributed by atoms with E-state index in [9.17, 15) is 9.59 Å². The van der Waals surface area contributed by atoms with Gasteiger partial charge in [0.15, 0.2) is 0 Å². The molecule has 0 radical (unpaired) electrons. The van der Waals surface area contributed by atoms with Crippen molar-refractivity contribution < 1.29 is 14.7 Å². The number of hydrogen-bond donors (Lipinski definition) is 2. The molecule has 6 heteroatoms. The SMILES string of the molecule is CC(C)NC(=O)C(C)Sc1ccc(C(=O)O)cn1. The molecule has 0 aliphatic heterocycles. The molecule has 1 aromatic rings. The number of carbonyl (C=O) groups excluding carboxylic acids is 1. The van der Waals surface area contributed by atoms with Crippen molar-refractivity contribution in [2.45, 2.75) is 37.1 Å². The van der Waals surface area contributed by atoms with Crippen LogP contribution in [-0.2, 0) is 4.79 Å². The molecule has 0 bridgehead atoms. The highest BCUT2D eigenvalue weighted by Crippen LogP contribution is 2.21. The zero-order valence-electron chi connectivity index (χ0n) is 10.5. The molecule has 0 fully saturated rings. The molecular weight excluding hydrogens is 252 g/mol. The monoisotopic (exact) mass is 268 g/mol. The first kappa shape index (κ1) is 14.5. The van der Waals surface area contributed by atoms with Crippen molar-refractivity contribution in [2.75, 3.05) is 0 Å². The first-order chi connectivity index (χ1) is 8.40. The summed E-state index contributed by atoms with van der Waals surface area (Å²) in [6.45, 7) is 5.58. The number of nitrogens with zero attached hydrogens (tertiary/aromatic N) is 1. The predicted octanol–water partition coefficient (Wildman–Crippen LogP) is 1.78. The third kappa shape index (κ3) is 4.37. The quantitative estimate of drug-likeness (QED) is 0.796. The fourth-order valence-corrected chi connectivity index (χ4v) is 2.01. The van der Waals surface area contributed by atoms with E-state index in [-0.39, 0.29) is 22.8 Å². The van der Waals surface area contributed by atoms with E-state index in [2.05, 4.69) is 10.3 Å². The van der Waals surface area contributed by atoms with Gasteiger partial charge < -0.3 is 10.4 Å². The Bertz CT molecular complexity index is 431. The third-order valence-corrected chi connectivity index (χ3v) is 3.13. The van der Waals surface area contributed by atoms with E-state index >= 15 is 0 Å². The second kappa shape index (κ2) is 6.39. The Kier molecular flexibility index (Phi) is 5.15. The summed E-state index contributed by atoms with van der Waals surface area (Å²) in [5.74, 6) is -1.07. The normalized spacial score (nSPS) is 12.2. The minimum absolute atomic E-state index is 0.0564. The van der Waals surface area contributed by atoms with Gasteiger partial charge in [-0.2, -0.15) is 0 Å². The van der Waals surface area contributed by atoms with Gasteiger partial charge in [-0.25, -0.2) is 9.78 Å². The first-order valence-corrected chi connectivity index (χ1v) is 6.44. The van der Waals surface area contributed by atoms with Crippen LogP contribution in [-0.4, -0.2) is 33.3 Å². The molecule has 1 unspecified atom stereocenters. The van der Waals surface area contributed by atoms with Crippen LogP contribution in [0.15, 0.2) is 23.4 Å². The van der Waals surface area contributed by atoms with E-state index in [4.69, 9.17) is 5.11 Å². The Morgan fingerprint density at radius 1 is 1.33 bits per heavy atom. The highest BCUT2D eigenvalue weighted by molar-refractivity contribution is 8.00. The summed E-state index contributed by atoms with van der Waals surface area (Å²) in [4.78, 5) is 26.3. The Morgan fingerprint density at radius 2 is 2.00 bits per heavy atom. The van der Waals surface area contributed by atoms with Gasteiger partial charge in [0.1, 0.15) is 0 Å². The maximum absolute atomic E-state index is 11.7. The number of carboxylic acids is 1. The van der Waals surface area contributed by atoms with Crippen LogP contribution in [0.2, 0.25) is 0 Å². The smallest absolute Gasteiger partial charge is 0.337 e. The standard InChI is InChI=1S/C12H16N2O3S/c1-7(2)14-11(15)8(3)18-10-5-4-9(6-13-10)12(16)17/h4-8H,1-3H3,(H,14,15)(H,16,17). The van der Waals surface area contributed by atoms with Crippen molar-refractivity contribution in [3.05, 3.63) is 23.9 Å². The number of aromatic nitrogens is 1. The topological polar surface area (TPSA) is 79.3 Å². The molecule has 1 aromatic heterocycles. The van der Waals surface area contributed by atoms with Gasteiger partial charge in [-0.05, 0) is 32.9 Å². The molecule has 0 saturated carbocycles. The average molecular weight is 268 g/mol. The zero-order valence-corrected chi connectivity index (χ0v) is 11.3. The maximum Gasteiger partial charge on any atom is 0.337 e. The molecule has 1 heterocycles. The number of carbonyl (C=O) groups is 2. The van der Waals surface area contributed by atoms with Crippen LogP contribution in [0, 0.1) is 0 Å². The molecule has 0 aliphatic carbocycles. The summed E-state index contributed by atoms with van der Waals surface area (Å²) in [6.07, 6.45) is 1.29. The second-order valence-corrected chi connectivity index (χ2v) is 5.47. The van der Waals surface area contributed by atoms with Crippen LogP contribution >= 0.6 is 11.8 Å². The predicted molar refractivity (Wildman–Crippen MR) is 69.8 cm³/mol. The lowest BCUT2D eigenvalue weighted by Crippen LogP contribution is -2.35. The lowest BCUT2D eigenvalue weighted by Gasteiger charge is -2.13. The summed E-state index contributed by atoms with van der Waals surface area (Å²) in [5.41, 5.74) is 0.138. The van der Waals surface area contributed by atoms with Crippen molar-refractivity contribution in [1.82, 2.24) is 10.3 Å². The van der Waals surface area contributed by atoms with Gasteiger partial charge in [0.2, 0.25) is 5.91 Å². The summed E-state index contributed by atoms with van der Waals surface area (Å²) < 4.78 is 0. The number of amides is 1. The summed E-state index contributed by atoms with van der Waals surface area (Å²) in [7, 11) is 0. The molecule has 98 valence electrons. The van der Waals surface area contributed by atoms with Crippen molar-refractivity contribution >= 4 is 23.6 Å². The molecule has 1 rings (SSSR count). The molecule has 0 saturated heterocycles. The summed E-state index contributed by atoms with van der Waals surface area (Å²) >= 11 is 1.30. The van der Waals surface area contributed by atoms with E-state index in [0.717, 1.165) is 0 Å². The van der Waals surface area contributed by atoms with Gasteiger partial charge in [-0.15, -0.1) is 0 Å². The van der Waals surface area contributed by atoms with Crippen molar-refractivity contribution in [3.63, 3.8) is 0 Å². The minimum atomic E-state index is -1.01. The van der Waals surface area contributed by atoms with Gasteiger partial charge in [-0.1, -0.05) is 11.8 Å². The van der Waals surface area contributed by atoms with Crippen LogP contribution in [0.4, 0.5) is 0 Å². The maximum atomic E-state index is 11.7. The number of aromatic carboxylic acids is 1. The van der Waals surface area contributed by atoms with Gasteiger partial charge in [0.25, 0.3) is 0 Å². The number of hydrogen-bond acceptors (Lipinski definition) is 4. The number of rotatable bonds is 5. The van der Waals surface area contributed by atoms with E-state index < -0.39 is 5.97 Å². The van der Waals surface area contributed by atoms with Crippen LogP contribution < -0.4 is 5.32 Å². The van der Waals surface area contributed by atoms with Gasteiger partial charge in [-0.3, -0.25) is 4.79 Å². The molecule has 0 spiro atoms. The molecule has 5 nitrogen and oxygen atoms in total. The average Bonchev–Trinajstić information content (AvgIpc) is 2.28. The molecule has 0 aliphatic rings. The van der Waals surface area contributed by atoms with E-state index in [1.807, 2.05) is 13.8 Å². The highest BCUT2D eigenvalue weighted by atomic mass is 32.2. The lowest BCUT2D eigenvalue weighted by molar-refractivity contribution is -0.120. The number of thioether (sulfide) groups is 1. The largest absolute Gasteiger partial charge is 0.478 e. The van der Waals surface area contributed by atoms with Gasteiger partial charge in [0.05, 0.1) is 15.8 Å². The highest BCUT2D eigenvalue weighted by Gasteiger charge is 2.15. The van der Waals surface area contributed by atoms with Crippen molar-refractivity contribution in [2.24, 2.45) is 0 Å². The Labute approximate surface area is 110 Å². The third-order valence-electron chi connectivity index (χ3n) is 2.08. The Hall–Kier alpha value is -1.56. The molecule has 1 amide bonds. The molecular formula is C12H16N2O3S. The van der Waals surface area contributed by atoms with E-state index in [0.29, 0.717) is 5.03 Å². The number of carboxylic acid groups (broad SMARTS) is 1.